The number of amides is 2. The fraction of sp³-hybridized carbons (Fsp3) is 0.450. The van der Waals surface area contributed by atoms with E-state index in [1.807, 2.05) is 17.0 Å². The summed E-state index contributed by atoms with van der Waals surface area (Å²) < 4.78 is 5.23. The average Bonchev–Trinajstić information content (AvgIpc) is 3.01. The Balaban J connectivity index is 1.74. The Morgan fingerprint density at radius 1 is 1.19 bits per heavy atom. The zero-order valence-electron chi connectivity index (χ0n) is 14.8. The normalized spacial score (nSPS) is 23.7. The Hall–Kier alpha value is -2.63. The van der Waals surface area contributed by atoms with Crippen molar-refractivity contribution in [2.24, 2.45) is 5.92 Å². The van der Waals surface area contributed by atoms with Crippen molar-refractivity contribution in [1.29, 1.82) is 0 Å². The van der Waals surface area contributed by atoms with Gasteiger partial charge in [-0.3, -0.25) is 14.5 Å². The van der Waals surface area contributed by atoms with Crippen LogP contribution in [0.25, 0.3) is 11.0 Å². The lowest BCUT2D eigenvalue weighted by Crippen LogP contribution is -2.50. The smallest absolute Gasteiger partial charge is 0.338 e. The van der Waals surface area contributed by atoms with E-state index in [9.17, 15) is 14.4 Å². The number of para-hydroxylation sites is 1. The predicted molar refractivity (Wildman–Crippen MR) is 98.0 cm³/mol. The van der Waals surface area contributed by atoms with E-state index in [2.05, 4.69) is 6.92 Å². The number of carbonyl (C=O) groups excluding carboxylic acids is 2. The number of likely N-dealkylation sites (tertiary alicyclic amines) is 1. The third-order valence-electron chi connectivity index (χ3n) is 5.35. The number of anilines is 1. The molecule has 2 atom stereocenters. The van der Waals surface area contributed by atoms with Crippen molar-refractivity contribution in [1.82, 2.24) is 4.90 Å². The molecule has 0 saturated carbocycles. The molecule has 2 fully saturated rings. The van der Waals surface area contributed by atoms with Gasteiger partial charge in [0, 0.05) is 31.0 Å². The second kappa shape index (κ2) is 6.59. The second-order valence-electron chi connectivity index (χ2n) is 7.30. The number of rotatable bonds is 2. The molecule has 0 radical (unpaired) electrons. The zero-order valence-corrected chi connectivity index (χ0v) is 14.8. The number of carbonyl (C=O) groups is 2. The summed E-state index contributed by atoms with van der Waals surface area (Å²) in [6.07, 6.45) is 2.92. The fourth-order valence-corrected chi connectivity index (χ4v) is 4.11. The molecule has 2 aliphatic rings. The lowest BCUT2D eigenvalue weighted by molar-refractivity contribution is -0.134. The van der Waals surface area contributed by atoms with E-state index in [0.717, 1.165) is 25.9 Å². The van der Waals surface area contributed by atoms with Crippen molar-refractivity contribution in [2.75, 3.05) is 18.0 Å². The molecule has 0 N–H and O–H groups in total. The molecule has 4 rings (SSSR count). The summed E-state index contributed by atoms with van der Waals surface area (Å²) in [7, 11) is 0. The highest BCUT2D eigenvalue weighted by Crippen LogP contribution is 2.33. The first-order valence-electron chi connectivity index (χ1n) is 9.18. The fourth-order valence-electron chi connectivity index (χ4n) is 4.11. The molecular formula is C20H22N2O4. The van der Waals surface area contributed by atoms with Crippen molar-refractivity contribution >= 4 is 28.5 Å². The van der Waals surface area contributed by atoms with E-state index in [-0.39, 0.29) is 11.8 Å². The van der Waals surface area contributed by atoms with Crippen LogP contribution >= 0.6 is 0 Å². The molecule has 26 heavy (non-hydrogen) atoms. The Morgan fingerprint density at radius 2 is 2.00 bits per heavy atom. The van der Waals surface area contributed by atoms with Gasteiger partial charge in [0.05, 0.1) is 5.69 Å². The van der Waals surface area contributed by atoms with E-state index < -0.39 is 11.7 Å². The SMILES string of the molecule is C[C@H]1CCCN(C(=O)[C@@H]2CCC(=O)N2c2cc(=O)oc3ccccc23)C1. The highest BCUT2D eigenvalue weighted by atomic mass is 16.4. The molecule has 0 aliphatic carbocycles. The summed E-state index contributed by atoms with van der Waals surface area (Å²) in [4.78, 5) is 41.1. The molecule has 2 amide bonds. The van der Waals surface area contributed by atoms with Crippen molar-refractivity contribution in [2.45, 2.75) is 38.6 Å². The van der Waals surface area contributed by atoms with Crippen molar-refractivity contribution in [3.8, 4) is 0 Å². The van der Waals surface area contributed by atoms with Crippen LogP contribution in [0.15, 0.2) is 39.5 Å². The summed E-state index contributed by atoms with van der Waals surface area (Å²) in [5, 5.41) is 0.673. The van der Waals surface area contributed by atoms with Gasteiger partial charge in [0.2, 0.25) is 11.8 Å². The zero-order chi connectivity index (χ0) is 18.3. The molecule has 136 valence electrons. The quantitative estimate of drug-likeness (QED) is 0.777. The van der Waals surface area contributed by atoms with Crippen LogP contribution in [0.5, 0.6) is 0 Å². The lowest BCUT2D eigenvalue weighted by Gasteiger charge is -2.35. The summed E-state index contributed by atoms with van der Waals surface area (Å²) in [5.41, 5.74) is 0.381. The predicted octanol–water partition coefficient (Wildman–Crippen LogP) is 2.55. The summed E-state index contributed by atoms with van der Waals surface area (Å²) in [6, 6.07) is 7.89. The molecular weight excluding hydrogens is 332 g/mol. The van der Waals surface area contributed by atoms with Crippen LogP contribution in [0.2, 0.25) is 0 Å². The molecule has 1 aromatic carbocycles. The standard InChI is InChI=1S/C20H22N2O4/c1-13-5-4-10-21(12-13)20(25)15-8-9-18(23)22(15)16-11-19(24)26-17-7-3-2-6-14(16)17/h2-3,6-7,11,13,15H,4-5,8-10,12H2,1H3/t13-,15-/m0/s1. The Labute approximate surface area is 151 Å². The van der Waals surface area contributed by atoms with Gasteiger partial charge in [0.25, 0.3) is 0 Å². The molecule has 1 aromatic heterocycles. The van der Waals surface area contributed by atoms with E-state index in [4.69, 9.17) is 4.42 Å². The molecule has 6 nitrogen and oxygen atoms in total. The maximum atomic E-state index is 13.1. The van der Waals surface area contributed by atoms with E-state index in [1.54, 1.807) is 12.1 Å². The van der Waals surface area contributed by atoms with Crippen LogP contribution in [0.4, 0.5) is 5.69 Å². The molecule has 2 aliphatic heterocycles. The van der Waals surface area contributed by atoms with Gasteiger partial charge in [0.1, 0.15) is 11.6 Å². The van der Waals surface area contributed by atoms with Crippen LogP contribution in [-0.4, -0.2) is 35.8 Å². The number of piperidine rings is 1. The number of hydrogen-bond acceptors (Lipinski definition) is 4. The van der Waals surface area contributed by atoms with Gasteiger partial charge in [-0.1, -0.05) is 19.1 Å². The third-order valence-corrected chi connectivity index (χ3v) is 5.35. The number of benzene rings is 1. The van der Waals surface area contributed by atoms with Crippen molar-refractivity contribution < 1.29 is 14.0 Å². The Bertz CT molecular complexity index is 919. The van der Waals surface area contributed by atoms with Crippen molar-refractivity contribution in [3.05, 3.63) is 40.8 Å². The third kappa shape index (κ3) is 2.89. The average molecular weight is 354 g/mol. The van der Waals surface area contributed by atoms with E-state index in [0.29, 0.717) is 35.4 Å². The summed E-state index contributed by atoms with van der Waals surface area (Å²) >= 11 is 0. The van der Waals surface area contributed by atoms with Gasteiger partial charge < -0.3 is 9.32 Å². The highest BCUT2D eigenvalue weighted by molar-refractivity contribution is 6.08. The molecule has 2 aromatic rings. The summed E-state index contributed by atoms with van der Waals surface area (Å²) in [5.74, 6) is 0.340. The van der Waals surface area contributed by atoms with Crippen LogP contribution in [0, 0.1) is 5.92 Å². The largest absolute Gasteiger partial charge is 0.423 e. The maximum absolute atomic E-state index is 13.1. The second-order valence-corrected chi connectivity index (χ2v) is 7.30. The number of hydrogen-bond donors (Lipinski definition) is 0. The Morgan fingerprint density at radius 3 is 2.81 bits per heavy atom. The van der Waals surface area contributed by atoms with Gasteiger partial charge in [0.15, 0.2) is 0 Å². The molecule has 3 heterocycles. The van der Waals surface area contributed by atoms with Gasteiger partial charge in [-0.2, -0.15) is 0 Å². The molecule has 0 unspecified atom stereocenters. The van der Waals surface area contributed by atoms with Crippen LogP contribution < -0.4 is 10.5 Å². The van der Waals surface area contributed by atoms with Gasteiger partial charge >= 0.3 is 5.63 Å². The topological polar surface area (TPSA) is 70.8 Å². The maximum Gasteiger partial charge on any atom is 0.338 e. The van der Waals surface area contributed by atoms with Crippen LogP contribution in [-0.2, 0) is 9.59 Å². The van der Waals surface area contributed by atoms with Gasteiger partial charge in [-0.15, -0.1) is 0 Å². The lowest BCUT2D eigenvalue weighted by atomic mass is 9.99. The van der Waals surface area contributed by atoms with E-state index in [1.165, 1.54) is 11.0 Å². The number of fused-ring (bicyclic) bond motifs is 1. The first-order chi connectivity index (χ1) is 12.5. The number of nitrogens with zero attached hydrogens (tertiary/aromatic N) is 2. The van der Waals surface area contributed by atoms with E-state index >= 15 is 0 Å². The monoisotopic (exact) mass is 354 g/mol. The summed E-state index contributed by atoms with van der Waals surface area (Å²) in [6.45, 7) is 3.61. The Kier molecular flexibility index (Phi) is 4.26. The molecule has 0 bridgehead atoms. The van der Waals surface area contributed by atoms with Gasteiger partial charge in [-0.25, -0.2) is 4.79 Å². The van der Waals surface area contributed by atoms with Gasteiger partial charge in [-0.05, 0) is 37.3 Å². The minimum absolute atomic E-state index is 0.0141. The minimum Gasteiger partial charge on any atom is -0.423 e. The van der Waals surface area contributed by atoms with Crippen molar-refractivity contribution in [3.63, 3.8) is 0 Å². The minimum atomic E-state index is -0.544. The van der Waals surface area contributed by atoms with Crippen LogP contribution in [0.3, 0.4) is 0 Å². The molecule has 0 spiro atoms. The molecule has 6 heteroatoms. The first kappa shape index (κ1) is 16.8. The molecule has 2 saturated heterocycles. The first-order valence-corrected chi connectivity index (χ1v) is 9.18. The van der Waals surface area contributed by atoms with Crippen LogP contribution in [0.1, 0.15) is 32.6 Å². The highest BCUT2D eigenvalue weighted by Gasteiger charge is 2.40.